The van der Waals surface area contributed by atoms with E-state index in [2.05, 4.69) is 25.9 Å². The maximum absolute atomic E-state index is 6.17. The fourth-order valence-electron chi connectivity index (χ4n) is 1.61. The highest BCUT2D eigenvalue weighted by Gasteiger charge is 2.10. The monoisotopic (exact) mass is 358 g/mol. The summed E-state index contributed by atoms with van der Waals surface area (Å²) in [5.41, 5.74) is 0.752. The van der Waals surface area contributed by atoms with Crippen molar-refractivity contribution < 1.29 is 0 Å². The van der Waals surface area contributed by atoms with Gasteiger partial charge in [0.2, 0.25) is 0 Å². The smallest absolute Gasteiger partial charge is 0.171 e. The van der Waals surface area contributed by atoms with E-state index in [1.165, 1.54) is 0 Å². The number of nitrogens with zero attached hydrogens (tertiary/aromatic N) is 2. The Kier molecular flexibility index (Phi) is 3.28. The van der Waals surface area contributed by atoms with E-state index in [1.54, 1.807) is 23.5 Å². The lowest BCUT2D eigenvalue weighted by atomic mass is 10.2. The molecule has 0 aliphatic heterocycles. The molecule has 0 saturated carbocycles. The number of halogens is 3. The first-order valence-electron chi connectivity index (χ1n) is 5.02. The molecule has 0 saturated heterocycles. The number of aromatic nitrogens is 2. The second-order valence-electron chi connectivity index (χ2n) is 3.60. The molecule has 0 spiro atoms. The molecule has 3 rings (SSSR count). The van der Waals surface area contributed by atoms with Gasteiger partial charge in [-0.3, -0.25) is 0 Å². The van der Waals surface area contributed by atoms with E-state index in [1.807, 2.05) is 18.2 Å². The summed E-state index contributed by atoms with van der Waals surface area (Å²) in [6.07, 6.45) is 0. The molecule has 0 unspecified atom stereocenters. The summed E-state index contributed by atoms with van der Waals surface area (Å²) in [6, 6.07) is 9.31. The highest BCUT2D eigenvalue weighted by atomic mass is 79.9. The molecule has 1 aromatic carbocycles. The Morgan fingerprint density at radius 3 is 2.61 bits per heavy atom. The van der Waals surface area contributed by atoms with Crippen molar-refractivity contribution in [3.8, 4) is 10.7 Å². The minimum Gasteiger partial charge on any atom is -0.227 e. The Morgan fingerprint density at radius 1 is 1.06 bits per heavy atom. The van der Waals surface area contributed by atoms with Crippen LogP contribution in [0.5, 0.6) is 0 Å². The average Bonchev–Trinajstić information content (AvgIpc) is 2.75. The zero-order chi connectivity index (χ0) is 12.7. The van der Waals surface area contributed by atoms with Crippen LogP contribution in [0.2, 0.25) is 10.2 Å². The summed E-state index contributed by atoms with van der Waals surface area (Å²) in [6.45, 7) is 0. The lowest BCUT2D eigenvalue weighted by Crippen LogP contribution is -1.90. The van der Waals surface area contributed by atoms with E-state index in [-0.39, 0.29) is 0 Å². The van der Waals surface area contributed by atoms with Gasteiger partial charge in [-0.2, -0.15) is 0 Å². The summed E-state index contributed by atoms with van der Waals surface area (Å²) in [5.74, 6) is 0.616. The van der Waals surface area contributed by atoms with Crippen LogP contribution in [-0.4, -0.2) is 9.97 Å². The zero-order valence-corrected chi connectivity index (χ0v) is 12.7. The Bertz CT molecular complexity index is 742. The SMILES string of the molecule is Clc1ccc2c(Cl)nc(-c3ccc(Br)s3)nc2c1. The highest BCUT2D eigenvalue weighted by Crippen LogP contribution is 2.32. The van der Waals surface area contributed by atoms with Crippen LogP contribution in [0.15, 0.2) is 34.1 Å². The van der Waals surface area contributed by atoms with Crippen LogP contribution in [0, 0.1) is 0 Å². The topological polar surface area (TPSA) is 25.8 Å². The molecule has 2 heterocycles. The van der Waals surface area contributed by atoms with Crippen molar-refractivity contribution in [2.75, 3.05) is 0 Å². The molecule has 0 aliphatic carbocycles. The molecule has 0 radical (unpaired) electrons. The molecule has 0 amide bonds. The van der Waals surface area contributed by atoms with Gasteiger partial charge in [0.05, 0.1) is 14.2 Å². The lowest BCUT2D eigenvalue weighted by molar-refractivity contribution is 1.24. The van der Waals surface area contributed by atoms with Gasteiger partial charge in [-0.05, 0) is 46.3 Å². The normalized spacial score (nSPS) is 11.1. The molecule has 0 atom stereocenters. The number of hydrogen-bond acceptors (Lipinski definition) is 3. The second-order valence-corrected chi connectivity index (χ2v) is 6.86. The van der Waals surface area contributed by atoms with Gasteiger partial charge in [0, 0.05) is 10.4 Å². The quantitative estimate of drug-likeness (QED) is 0.541. The molecule has 90 valence electrons. The molecule has 0 N–H and O–H groups in total. The van der Waals surface area contributed by atoms with Gasteiger partial charge in [-0.15, -0.1) is 11.3 Å². The van der Waals surface area contributed by atoms with Crippen molar-refractivity contribution in [2.45, 2.75) is 0 Å². The first-order chi connectivity index (χ1) is 8.63. The predicted octanol–water partition coefficient (Wildman–Crippen LogP) is 5.43. The Morgan fingerprint density at radius 2 is 1.89 bits per heavy atom. The fourth-order valence-corrected chi connectivity index (χ4v) is 3.34. The minimum atomic E-state index is 0.441. The molecule has 3 aromatic rings. The first-order valence-corrected chi connectivity index (χ1v) is 7.38. The standard InChI is InChI=1S/C12H5BrCl2N2S/c13-10-4-3-9(18-10)12-16-8-5-6(14)1-2-7(8)11(15)17-12/h1-5H. The zero-order valence-electron chi connectivity index (χ0n) is 8.82. The predicted molar refractivity (Wildman–Crippen MR) is 80.6 cm³/mol. The van der Waals surface area contributed by atoms with Crippen molar-refractivity contribution in [1.82, 2.24) is 9.97 Å². The van der Waals surface area contributed by atoms with Crippen LogP contribution >= 0.6 is 50.5 Å². The third-order valence-corrected chi connectivity index (χ3v) is 4.55. The molecule has 0 aliphatic rings. The van der Waals surface area contributed by atoms with Crippen molar-refractivity contribution >= 4 is 61.4 Å². The number of rotatable bonds is 1. The maximum Gasteiger partial charge on any atom is 0.171 e. The molecule has 0 fully saturated rings. The van der Waals surface area contributed by atoms with Gasteiger partial charge < -0.3 is 0 Å². The summed E-state index contributed by atoms with van der Waals surface area (Å²) in [5, 5.41) is 1.88. The van der Waals surface area contributed by atoms with E-state index in [9.17, 15) is 0 Å². The fraction of sp³-hybridized carbons (Fsp3) is 0. The van der Waals surface area contributed by atoms with Crippen molar-refractivity contribution in [3.05, 3.63) is 44.3 Å². The lowest BCUT2D eigenvalue weighted by Gasteiger charge is -2.03. The third kappa shape index (κ3) is 2.26. The summed E-state index contributed by atoms with van der Waals surface area (Å²) < 4.78 is 1.03. The first kappa shape index (κ1) is 12.4. The van der Waals surface area contributed by atoms with Crippen molar-refractivity contribution in [3.63, 3.8) is 0 Å². The van der Waals surface area contributed by atoms with Gasteiger partial charge in [0.25, 0.3) is 0 Å². The summed E-state index contributed by atoms with van der Waals surface area (Å²) >= 11 is 17.1. The van der Waals surface area contributed by atoms with Crippen LogP contribution < -0.4 is 0 Å². The molecule has 2 aromatic heterocycles. The summed E-state index contributed by atoms with van der Waals surface area (Å²) in [4.78, 5) is 9.77. The minimum absolute atomic E-state index is 0.441. The van der Waals surface area contributed by atoms with Gasteiger partial charge in [-0.25, -0.2) is 9.97 Å². The Hall–Kier alpha value is -0.680. The maximum atomic E-state index is 6.17. The molecule has 0 bridgehead atoms. The number of fused-ring (bicyclic) bond motifs is 1. The highest BCUT2D eigenvalue weighted by molar-refractivity contribution is 9.11. The van der Waals surface area contributed by atoms with Crippen molar-refractivity contribution in [2.24, 2.45) is 0 Å². The Labute approximate surface area is 126 Å². The van der Waals surface area contributed by atoms with Crippen molar-refractivity contribution in [1.29, 1.82) is 0 Å². The molecule has 6 heteroatoms. The molecule has 18 heavy (non-hydrogen) atoms. The van der Waals surface area contributed by atoms with Gasteiger partial charge in [0.15, 0.2) is 5.82 Å². The number of benzene rings is 1. The van der Waals surface area contributed by atoms with Gasteiger partial charge >= 0.3 is 0 Å². The Balaban J connectivity index is 2.26. The van der Waals surface area contributed by atoms with Crippen LogP contribution in [0.1, 0.15) is 0 Å². The van der Waals surface area contributed by atoms with E-state index >= 15 is 0 Å². The summed E-state index contributed by atoms with van der Waals surface area (Å²) in [7, 11) is 0. The largest absolute Gasteiger partial charge is 0.227 e. The van der Waals surface area contributed by atoms with Gasteiger partial charge in [0.1, 0.15) is 5.15 Å². The molecular formula is C12H5BrCl2N2S. The molecular weight excluding hydrogens is 355 g/mol. The van der Waals surface area contributed by atoms with E-state index in [4.69, 9.17) is 23.2 Å². The number of thiophene rings is 1. The van der Waals surface area contributed by atoms with Crippen LogP contribution in [0.25, 0.3) is 21.6 Å². The van der Waals surface area contributed by atoms with E-state index in [0.29, 0.717) is 16.0 Å². The second kappa shape index (κ2) is 4.78. The van der Waals surface area contributed by atoms with Crippen LogP contribution in [-0.2, 0) is 0 Å². The number of hydrogen-bond donors (Lipinski definition) is 0. The van der Waals surface area contributed by atoms with E-state index in [0.717, 1.165) is 19.6 Å². The van der Waals surface area contributed by atoms with E-state index < -0.39 is 0 Å². The third-order valence-electron chi connectivity index (χ3n) is 2.41. The van der Waals surface area contributed by atoms with Crippen LogP contribution in [0.3, 0.4) is 0 Å². The van der Waals surface area contributed by atoms with Gasteiger partial charge in [-0.1, -0.05) is 23.2 Å². The average molecular weight is 360 g/mol. The van der Waals surface area contributed by atoms with Crippen LogP contribution in [0.4, 0.5) is 0 Å². The molecule has 2 nitrogen and oxygen atoms in total.